The van der Waals surface area contributed by atoms with Crippen LogP contribution in [0.3, 0.4) is 0 Å². The van der Waals surface area contributed by atoms with Crippen molar-refractivity contribution in [2.75, 3.05) is 37.9 Å². The minimum Gasteiger partial charge on any atom is -0.494 e. The maximum Gasteiger partial charge on any atom is 0.241 e. The number of ether oxygens (including phenoxy) is 1. The fourth-order valence-corrected chi connectivity index (χ4v) is 1.78. The molecule has 1 heterocycles. The smallest absolute Gasteiger partial charge is 0.241 e. The van der Waals surface area contributed by atoms with E-state index in [9.17, 15) is 4.79 Å². The second kappa shape index (κ2) is 5.70. The number of benzene rings is 1. The van der Waals surface area contributed by atoms with E-state index in [1.54, 1.807) is 23.3 Å². The highest BCUT2D eigenvalue weighted by Gasteiger charge is 2.17. The molecule has 0 aliphatic carbocycles. The molecule has 0 saturated carbocycles. The number of hydrogen-bond donors (Lipinski definition) is 2. The van der Waals surface area contributed by atoms with Gasteiger partial charge in [0, 0.05) is 18.3 Å². The van der Waals surface area contributed by atoms with E-state index in [0.29, 0.717) is 23.7 Å². The van der Waals surface area contributed by atoms with Crippen LogP contribution in [-0.4, -0.2) is 37.8 Å². The minimum atomic E-state index is -0.139. The molecule has 18 heavy (non-hydrogen) atoms. The lowest BCUT2D eigenvalue weighted by Gasteiger charge is -2.14. The van der Waals surface area contributed by atoms with E-state index >= 15 is 0 Å². The number of hydrogen-bond acceptors (Lipinski definition) is 5. The van der Waals surface area contributed by atoms with Crippen LogP contribution in [0.2, 0.25) is 0 Å². The highest BCUT2D eigenvalue weighted by atomic mass is 16.7. The number of hydroxylamine groups is 2. The summed E-state index contributed by atoms with van der Waals surface area (Å²) in [6.07, 6.45) is 0.957. The van der Waals surface area contributed by atoms with Gasteiger partial charge in [0.05, 0.1) is 19.4 Å². The Balaban J connectivity index is 1.97. The SMILES string of the molecule is COc1cc(N)ccc1NC(=O)CN1CCCO1. The van der Waals surface area contributed by atoms with Gasteiger partial charge in [0.1, 0.15) is 12.3 Å². The quantitative estimate of drug-likeness (QED) is 0.776. The number of carbonyl (C=O) groups is 1. The molecular formula is C12H17N3O3. The van der Waals surface area contributed by atoms with Crippen molar-refractivity contribution in [3.05, 3.63) is 18.2 Å². The van der Waals surface area contributed by atoms with E-state index in [1.807, 2.05) is 0 Å². The van der Waals surface area contributed by atoms with Crippen LogP contribution in [0.5, 0.6) is 5.75 Å². The Morgan fingerprint density at radius 2 is 2.44 bits per heavy atom. The third-order valence-corrected chi connectivity index (χ3v) is 2.65. The Morgan fingerprint density at radius 3 is 3.11 bits per heavy atom. The van der Waals surface area contributed by atoms with Crippen LogP contribution in [0.1, 0.15) is 6.42 Å². The molecule has 0 aromatic heterocycles. The summed E-state index contributed by atoms with van der Waals surface area (Å²) < 4.78 is 5.16. The number of methoxy groups -OCH3 is 1. The molecule has 1 aliphatic rings. The van der Waals surface area contributed by atoms with Gasteiger partial charge in [-0.25, -0.2) is 0 Å². The molecule has 1 amide bonds. The van der Waals surface area contributed by atoms with Crippen molar-refractivity contribution in [1.29, 1.82) is 0 Å². The first kappa shape index (κ1) is 12.7. The van der Waals surface area contributed by atoms with E-state index in [0.717, 1.165) is 13.0 Å². The molecule has 6 nitrogen and oxygen atoms in total. The van der Waals surface area contributed by atoms with E-state index in [4.69, 9.17) is 15.3 Å². The van der Waals surface area contributed by atoms with Gasteiger partial charge in [-0.05, 0) is 18.6 Å². The van der Waals surface area contributed by atoms with Crippen LogP contribution in [0.25, 0.3) is 0 Å². The molecule has 1 fully saturated rings. The number of rotatable bonds is 4. The van der Waals surface area contributed by atoms with Gasteiger partial charge in [0.25, 0.3) is 0 Å². The molecule has 0 spiro atoms. The zero-order chi connectivity index (χ0) is 13.0. The summed E-state index contributed by atoms with van der Waals surface area (Å²) in [4.78, 5) is 17.1. The van der Waals surface area contributed by atoms with Crippen LogP contribution >= 0.6 is 0 Å². The normalized spacial score (nSPS) is 15.6. The number of carbonyl (C=O) groups excluding carboxylic acids is 1. The Bertz CT molecular complexity index is 431. The summed E-state index contributed by atoms with van der Waals surface area (Å²) in [6, 6.07) is 5.10. The van der Waals surface area contributed by atoms with Gasteiger partial charge in [-0.3, -0.25) is 9.63 Å². The zero-order valence-electron chi connectivity index (χ0n) is 10.3. The summed E-state index contributed by atoms with van der Waals surface area (Å²) in [5, 5.41) is 4.43. The number of nitrogen functional groups attached to an aromatic ring is 1. The van der Waals surface area contributed by atoms with Crippen molar-refractivity contribution in [3.8, 4) is 5.75 Å². The molecule has 0 radical (unpaired) electrons. The second-order valence-corrected chi connectivity index (χ2v) is 4.06. The topological polar surface area (TPSA) is 76.8 Å². The first-order valence-electron chi connectivity index (χ1n) is 5.80. The number of nitrogens with one attached hydrogen (secondary N) is 1. The van der Waals surface area contributed by atoms with Crippen LogP contribution in [0.4, 0.5) is 11.4 Å². The Morgan fingerprint density at radius 1 is 1.61 bits per heavy atom. The van der Waals surface area contributed by atoms with Gasteiger partial charge >= 0.3 is 0 Å². The summed E-state index contributed by atoms with van der Waals surface area (Å²) in [5.41, 5.74) is 6.84. The van der Waals surface area contributed by atoms with Gasteiger partial charge in [-0.15, -0.1) is 0 Å². The monoisotopic (exact) mass is 251 g/mol. The van der Waals surface area contributed by atoms with Gasteiger partial charge < -0.3 is 15.8 Å². The van der Waals surface area contributed by atoms with Crippen molar-refractivity contribution in [2.45, 2.75) is 6.42 Å². The summed E-state index contributed by atoms with van der Waals surface area (Å²) in [6.45, 7) is 1.68. The maximum absolute atomic E-state index is 11.8. The number of nitrogens with zero attached hydrogens (tertiary/aromatic N) is 1. The average molecular weight is 251 g/mol. The third kappa shape index (κ3) is 3.12. The summed E-state index contributed by atoms with van der Waals surface area (Å²) in [5.74, 6) is 0.408. The average Bonchev–Trinajstić information content (AvgIpc) is 2.84. The molecule has 2 rings (SSSR count). The molecule has 0 unspecified atom stereocenters. The predicted molar refractivity (Wildman–Crippen MR) is 68.2 cm³/mol. The van der Waals surface area contributed by atoms with Crippen molar-refractivity contribution in [2.24, 2.45) is 0 Å². The van der Waals surface area contributed by atoms with E-state index < -0.39 is 0 Å². The standard InChI is InChI=1S/C12H17N3O3/c1-17-11-7-9(13)3-4-10(11)14-12(16)8-15-5-2-6-18-15/h3-4,7H,2,5-6,8,13H2,1H3,(H,14,16). The largest absolute Gasteiger partial charge is 0.494 e. The molecular weight excluding hydrogens is 234 g/mol. The fourth-order valence-electron chi connectivity index (χ4n) is 1.78. The first-order valence-corrected chi connectivity index (χ1v) is 5.80. The molecule has 1 aromatic rings. The van der Waals surface area contributed by atoms with Gasteiger partial charge in [0.15, 0.2) is 0 Å². The molecule has 6 heteroatoms. The lowest BCUT2D eigenvalue weighted by molar-refractivity contribution is -0.137. The lowest BCUT2D eigenvalue weighted by atomic mass is 10.2. The Labute approximate surface area is 106 Å². The highest BCUT2D eigenvalue weighted by molar-refractivity contribution is 5.93. The molecule has 0 bridgehead atoms. The van der Waals surface area contributed by atoms with Crippen molar-refractivity contribution in [3.63, 3.8) is 0 Å². The Hall–Kier alpha value is -1.79. The molecule has 1 aromatic carbocycles. The molecule has 3 N–H and O–H groups in total. The molecule has 98 valence electrons. The number of nitrogens with two attached hydrogens (primary N) is 1. The third-order valence-electron chi connectivity index (χ3n) is 2.65. The highest BCUT2D eigenvalue weighted by Crippen LogP contribution is 2.26. The molecule has 1 aliphatic heterocycles. The predicted octanol–water partition coefficient (Wildman–Crippen LogP) is 0.853. The Kier molecular flexibility index (Phi) is 4.01. The number of amides is 1. The van der Waals surface area contributed by atoms with E-state index in [1.165, 1.54) is 7.11 Å². The lowest BCUT2D eigenvalue weighted by Crippen LogP contribution is -2.30. The summed E-state index contributed by atoms with van der Waals surface area (Å²) >= 11 is 0. The number of anilines is 2. The van der Waals surface area contributed by atoms with Crippen LogP contribution in [0, 0.1) is 0 Å². The van der Waals surface area contributed by atoms with Crippen LogP contribution in [-0.2, 0) is 9.63 Å². The maximum atomic E-state index is 11.8. The second-order valence-electron chi connectivity index (χ2n) is 4.06. The van der Waals surface area contributed by atoms with Crippen molar-refractivity contribution >= 4 is 17.3 Å². The van der Waals surface area contributed by atoms with Gasteiger partial charge in [0.2, 0.25) is 5.91 Å². The first-order chi connectivity index (χ1) is 8.69. The van der Waals surface area contributed by atoms with Crippen LogP contribution < -0.4 is 15.8 Å². The van der Waals surface area contributed by atoms with Crippen molar-refractivity contribution < 1.29 is 14.4 Å². The molecule has 0 atom stereocenters. The van der Waals surface area contributed by atoms with E-state index in [2.05, 4.69) is 5.32 Å². The molecule has 1 saturated heterocycles. The zero-order valence-corrected chi connectivity index (χ0v) is 10.3. The fraction of sp³-hybridized carbons (Fsp3) is 0.417. The minimum absolute atomic E-state index is 0.139. The van der Waals surface area contributed by atoms with E-state index in [-0.39, 0.29) is 12.5 Å². The van der Waals surface area contributed by atoms with Crippen LogP contribution in [0.15, 0.2) is 18.2 Å². The van der Waals surface area contributed by atoms with Gasteiger partial charge in [-0.1, -0.05) is 0 Å². The van der Waals surface area contributed by atoms with Gasteiger partial charge in [-0.2, -0.15) is 5.06 Å². The summed E-state index contributed by atoms with van der Waals surface area (Å²) in [7, 11) is 1.54. The van der Waals surface area contributed by atoms with Crippen molar-refractivity contribution in [1.82, 2.24) is 5.06 Å².